The summed E-state index contributed by atoms with van der Waals surface area (Å²) in [6.45, 7) is 0. The van der Waals surface area contributed by atoms with E-state index in [2.05, 4.69) is 25.5 Å². The van der Waals surface area contributed by atoms with Crippen LogP contribution in [0.3, 0.4) is 0 Å². The predicted molar refractivity (Wildman–Crippen MR) is 109 cm³/mol. The lowest BCUT2D eigenvalue weighted by Crippen LogP contribution is -2.17. The van der Waals surface area contributed by atoms with Crippen LogP contribution in [0.15, 0.2) is 54.7 Å². The molecule has 1 aromatic carbocycles. The fourth-order valence-corrected chi connectivity index (χ4v) is 3.52. The summed E-state index contributed by atoms with van der Waals surface area (Å²) in [4.78, 5) is 22.3. The molecule has 1 N–H and O–H groups in total. The molecule has 8 nitrogen and oxygen atoms in total. The van der Waals surface area contributed by atoms with Gasteiger partial charge in [-0.2, -0.15) is 0 Å². The van der Waals surface area contributed by atoms with Gasteiger partial charge >= 0.3 is 5.97 Å². The van der Waals surface area contributed by atoms with E-state index in [1.807, 2.05) is 24.3 Å². The van der Waals surface area contributed by atoms with Gasteiger partial charge in [-0.25, -0.2) is 14.8 Å². The third-order valence-electron chi connectivity index (χ3n) is 4.05. The molecule has 0 spiro atoms. The van der Waals surface area contributed by atoms with Gasteiger partial charge in [-0.3, -0.25) is 0 Å². The number of ether oxygens (including phenoxy) is 1. The number of fused-ring (bicyclic) bond motifs is 1. The lowest BCUT2D eigenvalue weighted by Gasteiger charge is -2.19. The monoisotopic (exact) mass is 392 g/mol. The van der Waals surface area contributed by atoms with Gasteiger partial charge in [0.1, 0.15) is 0 Å². The van der Waals surface area contributed by atoms with Crippen LogP contribution in [0.5, 0.6) is 0 Å². The first-order valence-corrected chi connectivity index (χ1v) is 9.21. The van der Waals surface area contributed by atoms with E-state index in [9.17, 15) is 4.79 Å². The number of nitrogens with one attached hydrogen (secondary N) is 1. The van der Waals surface area contributed by atoms with Crippen molar-refractivity contribution in [1.29, 1.82) is 0 Å². The number of para-hydroxylation sites is 1. The standard InChI is InChI=1S/C19H16N6O2S/c1-25(13-7-5-11-20-17(13)18(26)27-2)16-10-9-15(23-24-16)22-19-21-12-6-3-4-8-14(12)28-19/h3-11H,1-2H3,(H,21,22,23). The number of methoxy groups -OCH3 is 1. The van der Waals surface area contributed by atoms with Crippen LogP contribution < -0.4 is 10.2 Å². The molecule has 140 valence electrons. The number of pyridine rings is 1. The maximum Gasteiger partial charge on any atom is 0.358 e. The SMILES string of the molecule is COC(=O)c1ncccc1N(C)c1ccc(Nc2nc3ccccc3s2)nn1. The van der Waals surface area contributed by atoms with Crippen molar-refractivity contribution in [3.8, 4) is 0 Å². The van der Waals surface area contributed by atoms with E-state index < -0.39 is 5.97 Å². The van der Waals surface area contributed by atoms with Gasteiger partial charge in [-0.05, 0) is 36.4 Å². The zero-order valence-corrected chi connectivity index (χ0v) is 16.0. The van der Waals surface area contributed by atoms with Crippen molar-refractivity contribution in [2.45, 2.75) is 0 Å². The second-order valence-corrected chi connectivity index (χ2v) is 6.84. The van der Waals surface area contributed by atoms with Crippen LogP contribution in [-0.2, 0) is 4.74 Å². The lowest BCUT2D eigenvalue weighted by atomic mass is 10.2. The molecule has 0 saturated heterocycles. The van der Waals surface area contributed by atoms with Crippen molar-refractivity contribution in [3.05, 3.63) is 60.4 Å². The lowest BCUT2D eigenvalue weighted by molar-refractivity contribution is 0.0595. The van der Waals surface area contributed by atoms with Crippen molar-refractivity contribution in [3.63, 3.8) is 0 Å². The number of hydrogen-bond acceptors (Lipinski definition) is 9. The average Bonchev–Trinajstić information content (AvgIpc) is 3.15. The molecule has 4 rings (SSSR count). The Bertz CT molecular complexity index is 1100. The van der Waals surface area contributed by atoms with Crippen LogP contribution in [0.25, 0.3) is 10.2 Å². The number of hydrogen-bond donors (Lipinski definition) is 1. The van der Waals surface area contributed by atoms with Gasteiger partial charge in [0, 0.05) is 13.2 Å². The number of rotatable bonds is 5. The molecule has 0 atom stereocenters. The molecule has 0 aliphatic heterocycles. The van der Waals surface area contributed by atoms with Crippen LogP contribution in [0.4, 0.5) is 22.5 Å². The molecule has 0 saturated carbocycles. The van der Waals surface area contributed by atoms with Crippen LogP contribution in [0.1, 0.15) is 10.5 Å². The fraction of sp³-hybridized carbons (Fsp3) is 0.105. The van der Waals surface area contributed by atoms with Crippen molar-refractivity contribution in [2.75, 3.05) is 24.4 Å². The maximum absolute atomic E-state index is 11.9. The zero-order valence-electron chi connectivity index (χ0n) is 15.2. The number of thiazole rings is 1. The molecule has 0 unspecified atom stereocenters. The molecule has 28 heavy (non-hydrogen) atoms. The molecular weight excluding hydrogens is 376 g/mol. The second kappa shape index (κ2) is 7.57. The number of carbonyl (C=O) groups excluding carboxylic acids is 1. The maximum atomic E-state index is 11.9. The Balaban J connectivity index is 1.55. The van der Waals surface area contributed by atoms with Crippen LogP contribution in [-0.4, -0.2) is 40.3 Å². The number of carbonyl (C=O) groups is 1. The fourth-order valence-electron chi connectivity index (χ4n) is 2.65. The van der Waals surface area contributed by atoms with Gasteiger partial charge in [0.15, 0.2) is 22.5 Å². The van der Waals surface area contributed by atoms with Crippen molar-refractivity contribution < 1.29 is 9.53 Å². The van der Waals surface area contributed by atoms with Crippen molar-refractivity contribution >= 4 is 50.0 Å². The van der Waals surface area contributed by atoms with Gasteiger partial charge in [0.05, 0.1) is 23.0 Å². The van der Waals surface area contributed by atoms with Crippen LogP contribution >= 0.6 is 11.3 Å². The van der Waals surface area contributed by atoms with Crippen LogP contribution in [0.2, 0.25) is 0 Å². The van der Waals surface area contributed by atoms with E-state index in [1.54, 1.807) is 53.7 Å². The molecule has 3 aromatic heterocycles. The third kappa shape index (κ3) is 3.47. The number of aromatic nitrogens is 4. The van der Waals surface area contributed by atoms with Gasteiger partial charge in [-0.1, -0.05) is 23.5 Å². The number of benzene rings is 1. The summed E-state index contributed by atoms with van der Waals surface area (Å²) >= 11 is 1.55. The van der Waals surface area contributed by atoms with Gasteiger partial charge in [0.2, 0.25) is 0 Å². The summed E-state index contributed by atoms with van der Waals surface area (Å²) < 4.78 is 5.89. The Morgan fingerprint density at radius 2 is 1.96 bits per heavy atom. The Kier molecular flexibility index (Phi) is 4.81. The number of anilines is 4. The van der Waals surface area contributed by atoms with Gasteiger partial charge in [-0.15, -0.1) is 10.2 Å². The van der Waals surface area contributed by atoms with E-state index in [0.29, 0.717) is 17.3 Å². The number of esters is 1. The topological polar surface area (TPSA) is 93.1 Å². The van der Waals surface area contributed by atoms with Gasteiger partial charge < -0.3 is 15.0 Å². The molecule has 0 amide bonds. The first kappa shape index (κ1) is 17.8. The number of nitrogens with zero attached hydrogens (tertiary/aromatic N) is 5. The second-order valence-electron chi connectivity index (χ2n) is 5.81. The molecule has 0 radical (unpaired) electrons. The smallest absolute Gasteiger partial charge is 0.358 e. The van der Waals surface area contributed by atoms with Crippen molar-refractivity contribution in [1.82, 2.24) is 20.2 Å². The Hall–Kier alpha value is -3.59. The summed E-state index contributed by atoms with van der Waals surface area (Å²) in [5.74, 6) is 0.633. The average molecular weight is 392 g/mol. The van der Waals surface area contributed by atoms with Crippen molar-refractivity contribution in [2.24, 2.45) is 0 Å². The van der Waals surface area contributed by atoms with E-state index in [1.165, 1.54) is 7.11 Å². The Morgan fingerprint density at radius 3 is 2.71 bits per heavy atom. The van der Waals surface area contributed by atoms with E-state index in [-0.39, 0.29) is 5.69 Å². The molecule has 9 heteroatoms. The van der Waals surface area contributed by atoms with Crippen LogP contribution in [0, 0.1) is 0 Å². The highest BCUT2D eigenvalue weighted by atomic mass is 32.1. The highest BCUT2D eigenvalue weighted by Crippen LogP contribution is 2.28. The summed E-state index contributed by atoms with van der Waals surface area (Å²) in [7, 11) is 3.11. The highest BCUT2D eigenvalue weighted by molar-refractivity contribution is 7.22. The summed E-state index contributed by atoms with van der Waals surface area (Å²) in [5, 5.41) is 12.4. The molecule has 0 aliphatic rings. The third-order valence-corrected chi connectivity index (χ3v) is 5.00. The van der Waals surface area contributed by atoms with E-state index in [4.69, 9.17) is 4.74 Å². The minimum absolute atomic E-state index is 0.214. The highest BCUT2D eigenvalue weighted by Gasteiger charge is 2.18. The minimum Gasteiger partial charge on any atom is -0.464 e. The predicted octanol–water partition coefficient (Wildman–Crippen LogP) is 3.78. The molecule has 0 fully saturated rings. The van der Waals surface area contributed by atoms with E-state index >= 15 is 0 Å². The molecule has 0 aliphatic carbocycles. The largest absolute Gasteiger partial charge is 0.464 e. The first-order valence-electron chi connectivity index (χ1n) is 8.39. The molecule has 0 bridgehead atoms. The first-order chi connectivity index (χ1) is 13.7. The zero-order chi connectivity index (χ0) is 19.5. The Labute approximate surface area is 164 Å². The molecule has 4 aromatic rings. The minimum atomic E-state index is -0.510. The quantitative estimate of drug-likeness (QED) is 0.513. The Morgan fingerprint density at radius 1 is 1.11 bits per heavy atom. The molecule has 3 heterocycles. The van der Waals surface area contributed by atoms with Gasteiger partial charge in [0.25, 0.3) is 0 Å². The summed E-state index contributed by atoms with van der Waals surface area (Å²) in [6.07, 6.45) is 1.54. The van der Waals surface area contributed by atoms with E-state index in [0.717, 1.165) is 15.3 Å². The summed E-state index contributed by atoms with van der Waals surface area (Å²) in [6, 6.07) is 15.0. The molecular formula is C19H16N6O2S. The summed E-state index contributed by atoms with van der Waals surface area (Å²) in [5.41, 5.74) is 1.73. The normalized spacial score (nSPS) is 10.6.